The van der Waals surface area contributed by atoms with E-state index in [9.17, 15) is 18.3 Å². The lowest BCUT2D eigenvalue weighted by Gasteiger charge is -2.50. The second-order valence-corrected chi connectivity index (χ2v) is 6.69. The molecule has 0 heterocycles. The average molecular weight is 305 g/mol. The quantitative estimate of drug-likeness (QED) is 0.827. The fraction of sp³-hybridized carbons (Fsp3) is 0.571. The summed E-state index contributed by atoms with van der Waals surface area (Å²) in [6.45, 7) is 3.90. The molecule has 0 spiro atoms. The van der Waals surface area contributed by atoms with Crippen LogP contribution in [0.15, 0.2) is 29.2 Å². The standard InChI is InChI=1S/C14H18F3NOS/c1-13(2)11(7-12(13)19)18-9-5-3-4-6-10(9)20-8-14(15,16)17/h3-6,11-12,18-19H,7-8H2,1-2H3. The van der Waals surface area contributed by atoms with Gasteiger partial charge in [-0.1, -0.05) is 26.0 Å². The molecule has 2 N–H and O–H groups in total. The molecule has 1 saturated carbocycles. The molecule has 1 aromatic carbocycles. The maximum absolute atomic E-state index is 12.3. The minimum atomic E-state index is -4.18. The van der Waals surface area contributed by atoms with Crippen molar-refractivity contribution in [2.75, 3.05) is 11.1 Å². The van der Waals surface area contributed by atoms with Crippen molar-refractivity contribution in [3.63, 3.8) is 0 Å². The van der Waals surface area contributed by atoms with Crippen molar-refractivity contribution in [1.82, 2.24) is 0 Å². The second-order valence-electron chi connectivity index (χ2n) is 5.67. The van der Waals surface area contributed by atoms with Crippen LogP contribution in [0.2, 0.25) is 0 Å². The Morgan fingerprint density at radius 2 is 2.00 bits per heavy atom. The third kappa shape index (κ3) is 3.41. The van der Waals surface area contributed by atoms with Crippen LogP contribution in [0.25, 0.3) is 0 Å². The van der Waals surface area contributed by atoms with E-state index in [4.69, 9.17) is 0 Å². The first-order valence-electron chi connectivity index (χ1n) is 6.43. The molecule has 1 fully saturated rings. The minimum Gasteiger partial charge on any atom is -0.392 e. The van der Waals surface area contributed by atoms with Crippen molar-refractivity contribution in [3.8, 4) is 0 Å². The monoisotopic (exact) mass is 305 g/mol. The van der Waals surface area contributed by atoms with Crippen LogP contribution in [-0.4, -0.2) is 29.2 Å². The van der Waals surface area contributed by atoms with Crippen LogP contribution in [0.5, 0.6) is 0 Å². The molecule has 0 aliphatic heterocycles. The summed E-state index contributed by atoms with van der Waals surface area (Å²) in [7, 11) is 0. The van der Waals surface area contributed by atoms with Crippen molar-refractivity contribution in [2.45, 2.75) is 43.5 Å². The van der Waals surface area contributed by atoms with Gasteiger partial charge >= 0.3 is 6.18 Å². The van der Waals surface area contributed by atoms with E-state index < -0.39 is 11.9 Å². The molecular weight excluding hydrogens is 287 g/mol. The summed E-state index contributed by atoms with van der Waals surface area (Å²) in [6, 6.07) is 7.05. The lowest BCUT2D eigenvalue weighted by molar-refractivity contribution is -0.105. The van der Waals surface area contributed by atoms with Gasteiger partial charge in [0.1, 0.15) is 0 Å². The Kier molecular flexibility index (Phi) is 4.25. The first-order valence-corrected chi connectivity index (χ1v) is 7.42. The number of para-hydroxylation sites is 1. The summed E-state index contributed by atoms with van der Waals surface area (Å²) in [5, 5.41) is 13.0. The largest absolute Gasteiger partial charge is 0.398 e. The molecule has 2 nitrogen and oxygen atoms in total. The van der Waals surface area contributed by atoms with Gasteiger partial charge in [-0.15, -0.1) is 11.8 Å². The molecule has 2 rings (SSSR count). The molecule has 0 aromatic heterocycles. The van der Waals surface area contributed by atoms with Gasteiger partial charge in [-0.25, -0.2) is 0 Å². The number of aliphatic hydroxyl groups is 1. The highest BCUT2D eigenvalue weighted by molar-refractivity contribution is 7.99. The summed E-state index contributed by atoms with van der Waals surface area (Å²) in [5.74, 6) is -0.900. The van der Waals surface area contributed by atoms with E-state index in [-0.39, 0.29) is 17.6 Å². The molecule has 0 radical (unpaired) electrons. The Labute approximate surface area is 120 Å². The van der Waals surface area contributed by atoms with Crippen molar-refractivity contribution in [3.05, 3.63) is 24.3 Å². The first kappa shape index (κ1) is 15.5. The maximum atomic E-state index is 12.3. The number of thioether (sulfide) groups is 1. The fourth-order valence-corrected chi connectivity index (χ4v) is 2.98. The van der Waals surface area contributed by atoms with Crippen LogP contribution in [-0.2, 0) is 0 Å². The molecule has 1 aromatic rings. The molecule has 0 bridgehead atoms. The summed E-state index contributed by atoms with van der Waals surface area (Å²) in [4.78, 5) is 0.585. The summed E-state index contributed by atoms with van der Waals surface area (Å²) < 4.78 is 36.9. The highest BCUT2D eigenvalue weighted by Gasteiger charge is 2.47. The molecule has 6 heteroatoms. The highest BCUT2D eigenvalue weighted by Crippen LogP contribution is 2.43. The molecule has 1 aliphatic carbocycles. The highest BCUT2D eigenvalue weighted by atomic mass is 32.2. The number of anilines is 1. The number of benzene rings is 1. The van der Waals surface area contributed by atoms with Gasteiger partial charge in [0, 0.05) is 22.0 Å². The number of nitrogens with one attached hydrogen (secondary N) is 1. The molecular formula is C14H18F3NOS. The minimum absolute atomic E-state index is 0.0742. The number of hydrogen-bond donors (Lipinski definition) is 2. The van der Waals surface area contributed by atoms with Gasteiger partial charge in [0.2, 0.25) is 0 Å². The lowest BCUT2D eigenvalue weighted by Crippen LogP contribution is -2.56. The third-order valence-corrected chi connectivity index (χ3v) is 4.96. The predicted octanol–water partition coefficient (Wildman–Crippen LogP) is 3.91. The summed E-state index contributed by atoms with van der Waals surface area (Å²) in [6.07, 6.45) is -3.93. The Morgan fingerprint density at radius 3 is 2.55 bits per heavy atom. The number of hydrogen-bond acceptors (Lipinski definition) is 3. The van der Waals surface area contributed by atoms with Gasteiger partial charge in [0.25, 0.3) is 0 Å². The van der Waals surface area contributed by atoms with Crippen LogP contribution < -0.4 is 5.32 Å². The third-order valence-electron chi connectivity index (χ3n) is 3.82. The normalized spacial score (nSPS) is 25.1. The van der Waals surface area contributed by atoms with Gasteiger partial charge < -0.3 is 10.4 Å². The maximum Gasteiger partial charge on any atom is 0.398 e. The molecule has 0 amide bonds. The van der Waals surface area contributed by atoms with Gasteiger partial charge in [-0.2, -0.15) is 13.2 Å². The number of alkyl halides is 3. The molecule has 2 atom stereocenters. The lowest BCUT2D eigenvalue weighted by atomic mass is 9.64. The average Bonchev–Trinajstić information content (AvgIpc) is 2.36. The zero-order valence-electron chi connectivity index (χ0n) is 11.4. The number of halogens is 3. The van der Waals surface area contributed by atoms with Crippen molar-refractivity contribution in [2.24, 2.45) is 5.41 Å². The van der Waals surface area contributed by atoms with Crippen LogP contribution in [0.4, 0.5) is 18.9 Å². The van der Waals surface area contributed by atoms with Gasteiger partial charge in [0.15, 0.2) is 0 Å². The van der Waals surface area contributed by atoms with Crippen molar-refractivity contribution in [1.29, 1.82) is 0 Å². The summed E-state index contributed by atoms with van der Waals surface area (Å²) in [5.41, 5.74) is 0.439. The molecule has 20 heavy (non-hydrogen) atoms. The van der Waals surface area contributed by atoms with Crippen LogP contribution in [0.3, 0.4) is 0 Å². The van der Waals surface area contributed by atoms with E-state index in [1.54, 1.807) is 24.3 Å². The van der Waals surface area contributed by atoms with E-state index in [0.717, 1.165) is 11.8 Å². The van der Waals surface area contributed by atoms with Gasteiger partial charge in [-0.05, 0) is 18.6 Å². The van der Waals surface area contributed by atoms with Crippen molar-refractivity contribution < 1.29 is 18.3 Å². The van der Waals surface area contributed by atoms with E-state index in [1.807, 2.05) is 13.8 Å². The van der Waals surface area contributed by atoms with E-state index >= 15 is 0 Å². The molecule has 1 aliphatic rings. The van der Waals surface area contributed by atoms with Crippen LogP contribution in [0.1, 0.15) is 20.3 Å². The first-order chi connectivity index (χ1) is 9.20. The molecule has 112 valence electrons. The fourth-order valence-electron chi connectivity index (χ4n) is 2.21. The van der Waals surface area contributed by atoms with E-state index in [0.29, 0.717) is 17.0 Å². The Morgan fingerprint density at radius 1 is 1.35 bits per heavy atom. The second kappa shape index (κ2) is 5.48. The zero-order valence-corrected chi connectivity index (χ0v) is 12.2. The molecule has 0 saturated heterocycles. The van der Waals surface area contributed by atoms with Crippen LogP contribution in [0, 0.1) is 5.41 Å². The van der Waals surface area contributed by atoms with Crippen LogP contribution >= 0.6 is 11.8 Å². The Bertz CT molecular complexity index is 476. The molecule has 2 unspecified atom stereocenters. The number of aliphatic hydroxyl groups excluding tert-OH is 1. The van der Waals surface area contributed by atoms with Crippen molar-refractivity contribution >= 4 is 17.4 Å². The topological polar surface area (TPSA) is 32.3 Å². The Balaban J connectivity index is 2.05. The van der Waals surface area contributed by atoms with Gasteiger partial charge in [0.05, 0.1) is 11.9 Å². The van der Waals surface area contributed by atoms with E-state index in [1.165, 1.54) is 0 Å². The van der Waals surface area contributed by atoms with E-state index in [2.05, 4.69) is 5.32 Å². The summed E-state index contributed by atoms with van der Waals surface area (Å²) >= 11 is 0.781. The Hall–Kier alpha value is -0.880. The predicted molar refractivity (Wildman–Crippen MR) is 75.0 cm³/mol. The number of rotatable bonds is 4. The zero-order chi connectivity index (χ0) is 15.0. The smallest absolute Gasteiger partial charge is 0.392 e. The van der Waals surface area contributed by atoms with Gasteiger partial charge in [-0.3, -0.25) is 0 Å². The SMILES string of the molecule is CC1(C)C(O)CC1Nc1ccccc1SCC(F)(F)F.